The van der Waals surface area contributed by atoms with Gasteiger partial charge in [-0.1, -0.05) is 11.3 Å². The maximum absolute atomic E-state index is 12.7. The van der Waals surface area contributed by atoms with Crippen molar-refractivity contribution in [2.75, 3.05) is 37.9 Å². The van der Waals surface area contributed by atoms with Gasteiger partial charge in [0.25, 0.3) is 5.91 Å². The van der Waals surface area contributed by atoms with Crippen molar-refractivity contribution in [2.24, 2.45) is 7.05 Å². The number of nitrogen functional groups attached to an aromatic ring is 1. The van der Waals surface area contributed by atoms with Gasteiger partial charge in [0.1, 0.15) is 22.6 Å². The van der Waals surface area contributed by atoms with Gasteiger partial charge in [-0.25, -0.2) is 19.4 Å². The second-order valence-electron chi connectivity index (χ2n) is 7.73. The van der Waals surface area contributed by atoms with E-state index >= 15 is 0 Å². The summed E-state index contributed by atoms with van der Waals surface area (Å²) in [6.45, 7) is 2.91. The predicted octanol–water partition coefficient (Wildman–Crippen LogP) is 0.968. The number of esters is 1. The number of nitrogens with two attached hydrogens (primary N) is 1. The number of piperidine rings is 1. The molecule has 176 valence electrons. The molecule has 3 aromatic rings. The molecule has 4 heterocycles. The SMILES string of the molecule is COC(=O)c1sc(N2CC[C@@H](NC(=O)c3cc(N)c(C)[nH]3)[C@@H](OC)C2)nc1-c1ncnn1C. The van der Waals surface area contributed by atoms with E-state index < -0.39 is 5.97 Å². The van der Waals surface area contributed by atoms with Gasteiger partial charge in [-0.2, -0.15) is 5.10 Å². The molecular formula is C20H26N8O4S. The Morgan fingerprint density at radius 3 is 2.76 bits per heavy atom. The molecule has 12 nitrogen and oxygen atoms in total. The molecule has 4 N–H and O–H groups in total. The van der Waals surface area contributed by atoms with Crippen molar-refractivity contribution in [3.05, 3.63) is 28.7 Å². The van der Waals surface area contributed by atoms with Gasteiger partial charge in [0.15, 0.2) is 11.0 Å². The maximum Gasteiger partial charge on any atom is 0.350 e. The molecule has 0 aliphatic carbocycles. The minimum absolute atomic E-state index is 0.193. The van der Waals surface area contributed by atoms with Crippen molar-refractivity contribution in [1.82, 2.24) is 30.0 Å². The fourth-order valence-corrected chi connectivity index (χ4v) is 4.79. The van der Waals surface area contributed by atoms with Crippen molar-refractivity contribution in [3.63, 3.8) is 0 Å². The number of ether oxygens (including phenoxy) is 2. The summed E-state index contributed by atoms with van der Waals surface area (Å²) in [5.41, 5.74) is 7.98. The first-order chi connectivity index (χ1) is 15.8. The number of nitrogens with one attached hydrogen (secondary N) is 2. The third kappa shape index (κ3) is 4.41. The molecule has 0 unspecified atom stereocenters. The number of H-pyrrole nitrogens is 1. The van der Waals surface area contributed by atoms with Crippen LogP contribution in [0.25, 0.3) is 11.5 Å². The number of carbonyl (C=O) groups excluding carboxylic acids is 2. The van der Waals surface area contributed by atoms with E-state index in [0.29, 0.717) is 52.4 Å². The van der Waals surface area contributed by atoms with E-state index in [1.54, 1.807) is 24.9 Å². The van der Waals surface area contributed by atoms with Crippen molar-refractivity contribution >= 4 is 34.0 Å². The van der Waals surface area contributed by atoms with E-state index in [1.165, 1.54) is 24.8 Å². The van der Waals surface area contributed by atoms with Gasteiger partial charge < -0.3 is 30.4 Å². The minimum atomic E-state index is -0.484. The number of thiazole rings is 1. The number of hydrogen-bond donors (Lipinski definition) is 3. The number of aryl methyl sites for hydroxylation is 2. The summed E-state index contributed by atoms with van der Waals surface area (Å²) in [7, 11) is 4.67. The van der Waals surface area contributed by atoms with Crippen molar-refractivity contribution in [2.45, 2.75) is 25.5 Å². The van der Waals surface area contributed by atoms with Crippen LogP contribution in [0.15, 0.2) is 12.4 Å². The molecule has 1 aliphatic rings. The van der Waals surface area contributed by atoms with Crippen LogP contribution in [0.4, 0.5) is 10.8 Å². The van der Waals surface area contributed by atoms with E-state index in [1.807, 2.05) is 11.8 Å². The van der Waals surface area contributed by atoms with Crippen molar-refractivity contribution in [1.29, 1.82) is 0 Å². The van der Waals surface area contributed by atoms with E-state index in [4.69, 9.17) is 15.2 Å². The van der Waals surface area contributed by atoms with Crippen molar-refractivity contribution in [3.8, 4) is 11.5 Å². The highest BCUT2D eigenvalue weighted by Gasteiger charge is 2.34. The van der Waals surface area contributed by atoms with Gasteiger partial charge in [0, 0.05) is 32.9 Å². The Labute approximate surface area is 194 Å². The first-order valence-corrected chi connectivity index (χ1v) is 11.1. The molecule has 0 bridgehead atoms. The Hall–Kier alpha value is -3.45. The molecule has 2 atom stereocenters. The highest BCUT2D eigenvalue weighted by molar-refractivity contribution is 7.17. The molecule has 3 aromatic heterocycles. The Morgan fingerprint density at radius 2 is 2.15 bits per heavy atom. The molecule has 1 amide bonds. The molecule has 0 aromatic carbocycles. The third-order valence-electron chi connectivity index (χ3n) is 5.66. The van der Waals surface area contributed by atoms with Crippen LogP contribution < -0.4 is 16.0 Å². The Kier molecular flexibility index (Phi) is 6.33. The number of methoxy groups -OCH3 is 2. The Morgan fingerprint density at radius 1 is 1.36 bits per heavy atom. The van der Waals surface area contributed by atoms with E-state index in [0.717, 1.165) is 5.69 Å². The number of aromatic nitrogens is 5. The maximum atomic E-state index is 12.7. The summed E-state index contributed by atoms with van der Waals surface area (Å²) in [6.07, 6.45) is 1.76. The number of hydrogen-bond acceptors (Lipinski definition) is 10. The topological polar surface area (TPSA) is 153 Å². The standard InChI is InChI=1S/C20H26N8O4S/c1-10-11(21)7-13(24-10)18(29)25-12-5-6-28(8-14(12)31-3)20-26-15(16(33-20)19(30)32-4)17-22-9-23-27(17)2/h7,9,12,14,24H,5-6,8,21H2,1-4H3,(H,25,29)/t12-,14+/m1/s1. The fraction of sp³-hybridized carbons (Fsp3) is 0.450. The summed E-state index contributed by atoms with van der Waals surface area (Å²) < 4.78 is 12.2. The van der Waals surface area contributed by atoms with Gasteiger partial charge in [0.05, 0.1) is 24.9 Å². The van der Waals surface area contributed by atoms with Crippen LogP contribution in [0.1, 0.15) is 32.3 Å². The van der Waals surface area contributed by atoms with Crippen LogP contribution >= 0.6 is 11.3 Å². The van der Waals surface area contributed by atoms with Crippen LogP contribution in [-0.2, 0) is 16.5 Å². The highest BCUT2D eigenvalue weighted by Crippen LogP contribution is 2.34. The molecule has 1 fully saturated rings. The predicted molar refractivity (Wildman–Crippen MR) is 122 cm³/mol. The number of aromatic amines is 1. The molecule has 33 heavy (non-hydrogen) atoms. The lowest BCUT2D eigenvalue weighted by Gasteiger charge is -2.37. The zero-order valence-corrected chi connectivity index (χ0v) is 19.6. The normalized spacial score (nSPS) is 18.4. The smallest absolute Gasteiger partial charge is 0.350 e. The number of nitrogens with zero attached hydrogens (tertiary/aromatic N) is 5. The van der Waals surface area contributed by atoms with Gasteiger partial charge in [0.2, 0.25) is 0 Å². The highest BCUT2D eigenvalue weighted by atomic mass is 32.1. The van der Waals surface area contributed by atoms with Crippen LogP contribution in [0.5, 0.6) is 0 Å². The molecule has 0 spiro atoms. The monoisotopic (exact) mass is 474 g/mol. The molecule has 4 rings (SSSR count). The molecule has 0 saturated carbocycles. The fourth-order valence-electron chi connectivity index (χ4n) is 3.77. The average Bonchev–Trinajstić information content (AvgIpc) is 3.52. The summed E-state index contributed by atoms with van der Waals surface area (Å²) in [4.78, 5) is 39.3. The minimum Gasteiger partial charge on any atom is -0.465 e. The lowest BCUT2D eigenvalue weighted by atomic mass is 10.0. The molecule has 13 heteroatoms. The largest absolute Gasteiger partial charge is 0.465 e. The zero-order valence-electron chi connectivity index (χ0n) is 18.8. The summed E-state index contributed by atoms with van der Waals surface area (Å²) in [5.74, 6) is -0.242. The summed E-state index contributed by atoms with van der Waals surface area (Å²) >= 11 is 1.23. The van der Waals surface area contributed by atoms with Crippen LogP contribution in [0, 0.1) is 6.92 Å². The van der Waals surface area contributed by atoms with Gasteiger partial charge in [-0.05, 0) is 19.4 Å². The first kappa shape index (κ1) is 22.7. The molecule has 1 aliphatic heterocycles. The van der Waals surface area contributed by atoms with Gasteiger partial charge >= 0.3 is 5.97 Å². The van der Waals surface area contributed by atoms with Gasteiger partial charge in [-0.15, -0.1) is 0 Å². The Balaban J connectivity index is 1.52. The summed E-state index contributed by atoms with van der Waals surface area (Å²) in [6, 6.07) is 1.43. The second-order valence-corrected chi connectivity index (χ2v) is 8.70. The number of anilines is 2. The number of rotatable bonds is 6. The van der Waals surface area contributed by atoms with Crippen LogP contribution in [-0.4, -0.2) is 76.1 Å². The number of carbonyl (C=O) groups is 2. The number of amides is 1. The lowest BCUT2D eigenvalue weighted by Crippen LogP contribution is -2.55. The van der Waals surface area contributed by atoms with E-state index in [2.05, 4.69) is 25.4 Å². The molecule has 1 saturated heterocycles. The quantitative estimate of drug-likeness (QED) is 0.443. The van der Waals surface area contributed by atoms with E-state index in [-0.39, 0.29) is 18.1 Å². The third-order valence-corrected chi connectivity index (χ3v) is 6.75. The second kappa shape index (κ2) is 9.19. The van der Waals surface area contributed by atoms with E-state index in [9.17, 15) is 9.59 Å². The van der Waals surface area contributed by atoms with Gasteiger partial charge in [-0.3, -0.25) is 4.79 Å². The summed E-state index contributed by atoms with van der Waals surface area (Å²) in [5, 5.41) is 7.75. The first-order valence-electron chi connectivity index (χ1n) is 10.3. The Bertz CT molecular complexity index is 1150. The van der Waals surface area contributed by atoms with Crippen LogP contribution in [0.2, 0.25) is 0 Å². The zero-order chi connectivity index (χ0) is 23.7. The van der Waals surface area contributed by atoms with Crippen molar-refractivity contribution < 1.29 is 19.1 Å². The van der Waals surface area contributed by atoms with Crippen LogP contribution in [0.3, 0.4) is 0 Å². The molecule has 0 radical (unpaired) electrons. The lowest BCUT2D eigenvalue weighted by molar-refractivity contribution is 0.0540. The average molecular weight is 475 g/mol. The molecular weight excluding hydrogens is 448 g/mol.